The lowest BCUT2D eigenvalue weighted by Gasteiger charge is -2.07. The lowest BCUT2D eigenvalue weighted by Crippen LogP contribution is -2.15. The maximum Gasteiger partial charge on any atom is 0.335 e. The molecule has 6 nitrogen and oxygen atoms in total. The Balaban J connectivity index is 2.07. The Labute approximate surface area is 97.3 Å². The first kappa shape index (κ1) is 10.2. The van der Waals surface area contributed by atoms with E-state index in [1.807, 2.05) is 4.40 Å². The van der Waals surface area contributed by atoms with E-state index in [1.54, 1.807) is 12.3 Å². The van der Waals surface area contributed by atoms with Gasteiger partial charge < -0.3 is 10.4 Å². The van der Waals surface area contributed by atoms with Crippen LogP contribution in [0.4, 0.5) is 0 Å². The summed E-state index contributed by atoms with van der Waals surface area (Å²) in [7, 11) is 0. The average molecular weight is 232 g/mol. The summed E-state index contributed by atoms with van der Waals surface area (Å²) >= 11 is 0. The zero-order chi connectivity index (χ0) is 11.8. The number of carbonyl (C=O) groups is 1. The standard InChI is InChI=1S/C11H12N4O2/c16-11(17)7-3-5-15-9(6-7)13-14-10(15)8-2-1-4-12-8/h3,5-6,8,12H,1-2,4H2,(H,16,17). The van der Waals surface area contributed by atoms with E-state index >= 15 is 0 Å². The van der Waals surface area contributed by atoms with Crippen LogP contribution < -0.4 is 5.32 Å². The monoisotopic (exact) mass is 232 g/mol. The highest BCUT2D eigenvalue weighted by Crippen LogP contribution is 2.22. The Morgan fingerprint density at radius 2 is 2.41 bits per heavy atom. The van der Waals surface area contributed by atoms with Gasteiger partial charge in [-0.3, -0.25) is 4.40 Å². The molecule has 1 unspecified atom stereocenters. The van der Waals surface area contributed by atoms with Gasteiger partial charge in [-0.15, -0.1) is 10.2 Å². The van der Waals surface area contributed by atoms with Crippen molar-refractivity contribution in [3.05, 3.63) is 29.7 Å². The van der Waals surface area contributed by atoms with Gasteiger partial charge in [-0.2, -0.15) is 0 Å². The first-order valence-corrected chi connectivity index (χ1v) is 5.57. The molecular formula is C11H12N4O2. The van der Waals surface area contributed by atoms with Gasteiger partial charge in [-0.1, -0.05) is 0 Å². The van der Waals surface area contributed by atoms with E-state index in [1.165, 1.54) is 6.07 Å². The maximum atomic E-state index is 10.8. The van der Waals surface area contributed by atoms with E-state index in [-0.39, 0.29) is 11.6 Å². The molecule has 88 valence electrons. The van der Waals surface area contributed by atoms with Crippen LogP contribution in [0, 0.1) is 0 Å². The predicted octanol–water partition coefficient (Wildman–Crippen LogP) is 0.852. The number of hydrogen-bond acceptors (Lipinski definition) is 4. The molecule has 0 saturated carbocycles. The number of nitrogens with zero attached hydrogens (tertiary/aromatic N) is 3. The lowest BCUT2D eigenvalue weighted by atomic mass is 10.2. The van der Waals surface area contributed by atoms with Crippen molar-refractivity contribution in [2.45, 2.75) is 18.9 Å². The normalized spacial score (nSPS) is 19.9. The third-order valence-electron chi connectivity index (χ3n) is 3.06. The van der Waals surface area contributed by atoms with Crippen molar-refractivity contribution in [1.29, 1.82) is 0 Å². The first-order chi connectivity index (χ1) is 8.25. The second-order valence-corrected chi connectivity index (χ2v) is 4.16. The molecule has 3 heterocycles. The van der Waals surface area contributed by atoms with Gasteiger partial charge in [0.25, 0.3) is 0 Å². The predicted molar refractivity (Wildman–Crippen MR) is 59.9 cm³/mol. The van der Waals surface area contributed by atoms with Crippen molar-refractivity contribution in [3.8, 4) is 0 Å². The van der Waals surface area contributed by atoms with Gasteiger partial charge >= 0.3 is 5.97 Å². The molecule has 17 heavy (non-hydrogen) atoms. The summed E-state index contributed by atoms with van der Waals surface area (Å²) in [5.74, 6) is -0.0921. The van der Waals surface area contributed by atoms with Crippen molar-refractivity contribution in [2.75, 3.05) is 6.54 Å². The van der Waals surface area contributed by atoms with E-state index in [4.69, 9.17) is 5.11 Å². The van der Waals surface area contributed by atoms with E-state index in [0.29, 0.717) is 5.65 Å². The van der Waals surface area contributed by atoms with Gasteiger partial charge in [0.05, 0.1) is 11.6 Å². The molecule has 1 aliphatic heterocycles. The molecule has 0 spiro atoms. The fraction of sp³-hybridized carbons (Fsp3) is 0.364. The Bertz CT molecular complexity index is 572. The number of fused-ring (bicyclic) bond motifs is 1. The van der Waals surface area contributed by atoms with Gasteiger partial charge in [-0.25, -0.2) is 4.79 Å². The molecule has 1 fully saturated rings. The fourth-order valence-electron chi connectivity index (χ4n) is 2.18. The molecule has 0 bridgehead atoms. The Morgan fingerprint density at radius 3 is 3.12 bits per heavy atom. The Hall–Kier alpha value is -1.95. The lowest BCUT2D eigenvalue weighted by molar-refractivity contribution is 0.0697. The number of aromatic carboxylic acids is 1. The largest absolute Gasteiger partial charge is 0.478 e. The molecule has 2 N–H and O–H groups in total. The second kappa shape index (κ2) is 3.81. The van der Waals surface area contributed by atoms with Gasteiger partial charge in [0.1, 0.15) is 0 Å². The molecule has 2 aromatic rings. The van der Waals surface area contributed by atoms with Crippen LogP contribution in [0.3, 0.4) is 0 Å². The van der Waals surface area contributed by atoms with Gasteiger partial charge in [0.15, 0.2) is 11.5 Å². The highest BCUT2D eigenvalue weighted by atomic mass is 16.4. The minimum absolute atomic E-state index is 0.223. The van der Waals surface area contributed by atoms with Gasteiger partial charge in [0, 0.05) is 6.20 Å². The van der Waals surface area contributed by atoms with Crippen LogP contribution in [-0.2, 0) is 0 Å². The number of carboxylic acids is 1. The summed E-state index contributed by atoms with van der Waals surface area (Å²) < 4.78 is 1.84. The quantitative estimate of drug-likeness (QED) is 0.802. The molecule has 3 rings (SSSR count). The SMILES string of the molecule is O=C(O)c1ccn2c(C3CCCN3)nnc2c1. The van der Waals surface area contributed by atoms with E-state index in [2.05, 4.69) is 15.5 Å². The molecule has 0 radical (unpaired) electrons. The topological polar surface area (TPSA) is 79.5 Å². The summed E-state index contributed by atoms with van der Waals surface area (Å²) in [4.78, 5) is 10.8. The molecule has 1 atom stereocenters. The summed E-state index contributed by atoms with van der Waals surface area (Å²) in [5.41, 5.74) is 0.810. The summed E-state index contributed by atoms with van der Waals surface area (Å²) in [6.45, 7) is 0.993. The van der Waals surface area contributed by atoms with Crippen molar-refractivity contribution < 1.29 is 9.90 Å². The van der Waals surface area contributed by atoms with Crippen LogP contribution in [0.2, 0.25) is 0 Å². The Kier molecular flexibility index (Phi) is 2.29. The molecule has 1 saturated heterocycles. The maximum absolute atomic E-state index is 10.8. The molecule has 1 aliphatic rings. The van der Waals surface area contributed by atoms with Crippen molar-refractivity contribution >= 4 is 11.6 Å². The van der Waals surface area contributed by atoms with Crippen molar-refractivity contribution in [3.63, 3.8) is 0 Å². The van der Waals surface area contributed by atoms with Crippen LogP contribution >= 0.6 is 0 Å². The Morgan fingerprint density at radius 1 is 1.53 bits per heavy atom. The minimum atomic E-state index is -0.948. The fourth-order valence-corrected chi connectivity index (χ4v) is 2.18. The highest BCUT2D eigenvalue weighted by Gasteiger charge is 2.21. The van der Waals surface area contributed by atoms with Crippen LogP contribution in [0.15, 0.2) is 18.3 Å². The number of hydrogen-bond donors (Lipinski definition) is 2. The number of pyridine rings is 1. The van der Waals surface area contributed by atoms with E-state index in [9.17, 15) is 4.79 Å². The smallest absolute Gasteiger partial charge is 0.335 e. The average Bonchev–Trinajstić information content (AvgIpc) is 2.96. The summed E-state index contributed by atoms with van der Waals surface area (Å²) in [5, 5.41) is 20.4. The number of carboxylic acid groups (broad SMARTS) is 1. The van der Waals surface area contributed by atoms with Crippen LogP contribution in [0.1, 0.15) is 35.1 Å². The second-order valence-electron chi connectivity index (χ2n) is 4.16. The third kappa shape index (κ3) is 1.66. The zero-order valence-corrected chi connectivity index (χ0v) is 9.13. The van der Waals surface area contributed by atoms with Crippen LogP contribution in [-0.4, -0.2) is 32.2 Å². The van der Waals surface area contributed by atoms with Crippen molar-refractivity contribution in [1.82, 2.24) is 19.9 Å². The summed E-state index contributed by atoms with van der Waals surface area (Å²) in [6, 6.07) is 3.32. The molecule has 0 aromatic carbocycles. The molecular weight excluding hydrogens is 220 g/mol. The summed E-state index contributed by atoms with van der Waals surface area (Å²) in [6.07, 6.45) is 3.89. The molecule has 0 aliphatic carbocycles. The van der Waals surface area contributed by atoms with Crippen LogP contribution in [0.25, 0.3) is 5.65 Å². The van der Waals surface area contributed by atoms with Gasteiger partial charge in [0.2, 0.25) is 0 Å². The zero-order valence-electron chi connectivity index (χ0n) is 9.13. The minimum Gasteiger partial charge on any atom is -0.478 e. The number of nitrogens with one attached hydrogen (secondary N) is 1. The van der Waals surface area contributed by atoms with Gasteiger partial charge in [-0.05, 0) is 31.5 Å². The van der Waals surface area contributed by atoms with Crippen molar-refractivity contribution in [2.24, 2.45) is 0 Å². The number of aromatic nitrogens is 3. The van der Waals surface area contributed by atoms with E-state index < -0.39 is 5.97 Å². The van der Waals surface area contributed by atoms with Crippen LogP contribution in [0.5, 0.6) is 0 Å². The first-order valence-electron chi connectivity index (χ1n) is 5.57. The molecule has 6 heteroatoms. The number of rotatable bonds is 2. The molecule has 2 aromatic heterocycles. The highest BCUT2D eigenvalue weighted by molar-refractivity contribution is 5.88. The third-order valence-corrected chi connectivity index (χ3v) is 3.06. The molecule has 0 amide bonds. The van der Waals surface area contributed by atoms with E-state index in [0.717, 1.165) is 25.2 Å².